The number of carbonyl (C=O) groups is 1. The predicted octanol–water partition coefficient (Wildman–Crippen LogP) is 3.55. The Kier molecular flexibility index (Phi) is 7.80. The molecule has 2 rings (SSSR count). The molecular weight excluding hydrogens is 432 g/mol. The molecule has 0 radical (unpaired) electrons. The smallest absolute Gasteiger partial charge is 0.248 e. The summed E-state index contributed by atoms with van der Waals surface area (Å²) in [7, 11) is -0.886. The molecule has 164 valence electrons. The van der Waals surface area contributed by atoms with E-state index in [2.05, 4.69) is 5.32 Å². The highest BCUT2D eigenvalue weighted by molar-refractivity contribution is 7.92. The van der Waals surface area contributed by atoms with Gasteiger partial charge in [0, 0.05) is 12.1 Å². The van der Waals surface area contributed by atoms with E-state index in [4.69, 9.17) is 25.8 Å². The fraction of sp³-hybridized carbons (Fsp3) is 0.350. The molecule has 8 nitrogen and oxygen atoms in total. The quantitative estimate of drug-likeness (QED) is 0.620. The van der Waals surface area contributed by atoms with Crippen molar-refractivity contribution in [2.24, 2.45) is 0 Å². The Morgan fingerprint density at radius 1 is 1.13 bits per heavy atom. The SMILES string of the molecule is CCOc1ccc(N([C@H](C)C(=O)Nc2cc(OC)c(Cl)cc2OC)S(C)(=O)=O)cc1. The van der Waals surface area contributed by atoms with Crippen molar-refractivity contribution in [3.8, 4) is 17.2 Å². The number of hydrogen-bond acceptors (Lipinski definition) is 6. The number of ether oxygens (including phenoxy) is 3. The van der Waals surface area contributed by atoms with E-state index >= 15 is 0 Å². The third kappa shape index (κ3) is 5.48. The monoisotopic (exact) mass is 456 g/mol. The number of halogens is 1. The zero-order chi connectivity index (χ0) is 22.5. The summed E-state index contributed by atoms with van der Waals surface area (Å²) in [5.41, 5.74) is 0.639. The van der Waals surface area contributed by atoms with Crippen LogP contribution in [0.3, 0.4) is 0 Å². The molecule has 0 unspecified atom stereocenters. The number of rotatable bonds is 9. The van der Waals surface area contributed by atoms with Crippen LogP contribution in [0.5, 0.6) is 17.2 Å². The average Bonchev–Trinajstić information content (AvgIpc) is 2.69. The summed E-state index contributed by atoms with van der Waals surface area (Å²) in [4.78, 5) is 12.9. The molecule has 1 N–H and O–H groups in total. The van der Waals surface area contributed by atoms with Gasteiger partial charge in [-0.2, -0.15) is 0 Å². The Labute approximate surface area is 181 Å². The fourth-order valence-electron chi connectivity index (χ4n) is 2.86. The zero-order valence-corrected chi connectivity index (χ0v) is 19.0. The number of carbonyl (C=O) groups excluding carboxylic acids is 1. The van der Waals surface area contributed by atoms with Gasteiger partial charge in [0.15, 0.2) is 0 Å². The number of amides is 1. The highest BCUT2D eigenvalue weighted by Crippen LogP contribution is 2.36. The van der Waals surface area contributed by atoms with Crippen molar-refractivity contribution in [2.75, 3.05) is 36.7 Å². The van der Waals surface area contributed by atoms with Gasteiger partial charge in [0.2, 0.25) is 15.9 Å². The summed E-state index contributed by atoms with van der Waals surface area (Å²) in [6, 6.07) is 8.42. The van der Waals surface area contributed by atoms with E-state index < -0.39 is 22.0 Å². The molecule has 0 spiro atoms. The molecule has 2 aromatic rings. The molecule has 2 aromatic carbocycles. The van der Waals surface area contributed by atoms with Crippen LogP contribution in [0.4, 0.5) is 11.4 Å². The van der Waals surface area contributed by atoms with Crippen LogP contribution in [-0.4, -0.2) is 47.4 Å². The van der Waals surface area contributed by atoms with Gasteiger partial charge in [0.05, 0.1) is 43.5 Å². The molecule has 0 saturated heterocycles. The molecule has 0 heterocycles. The maximum atomic E-state index is 12.9. The molecule has 0 aliphatic rings. The van der Waals surface area contributed by atoms with Crippen LogP contribution in [0.15, 0.2) is 36.4 Å². The van der Waals surface area contributed by atoms with Crippen LogP contribution in [0.25, 0.3) is 0 Å². The summed E-state index contributed by atoms with van der Waals surface area (Å²) >= 11 is 6.09. The molecule has 10 heteroatoms. The van der Waals surface area contributed by atoms with Gasteiger partial charge in [0.1, 0.15) is 23.3 Å². The van der Waals surface area contributed by atoms with Crippen LogP contribution < -0.4 is 23.8 Å². The maximum Gasteiger partial charge on any atom is 0.248 e. The van der Waals surface area contributed by atoms with E-state index in [1.54, 1.807) is 24.3 Å². The highest BCUT2D eigenvalue weighted by Gasteiger charge is 2.30. The third-order valence-electron chi connectivity index (χ3n) is 4.22. The van der Waals surface area contributed by atoms with Crippen LogP contribution in [0.2, 0.25) is 5.02 Å². The van der Waals surface area contributed by atoms with Crippen LogP contribution in [-0.2, 0) is 14.8 Å². The highest BCUT2D eigenvalue weighted by atomic mass is 35.5. The van der Waals surface area contributed by atoms with Crippen molar-refractivity contribution in [1.82, 2.24) is 0 Å². The Bertz CT molecular complexity index is 995. The van der Waals surface area contributed by atoms with Crippen molar-refractivity contribution in [2.45, 2.75) is 19.9 Å². The first-order valence-corrected chi connectivity index (χ1v) is 11.3. The van der Waals surface area contributed by atoms with Gasteiger partial charge >= 0.3 is 0 Å². The minimum Gasteiger partial charge on any atom is -0.495 e. The van der Waals surface area contributed by atoms with E-state index in [-0.39, 0.29) is 0 Å². The van der Waals surface area contributed by atoms with Gasteiger partial charge < -0.3 is 19.5 Å². The lowest BCUT2D eigenvalue weighted by molar-refractivity contribution is -0.116. The molecule has 1 amide bonds. The number of anilines is 2. The summed E-state index contributed by atoms with van der Waals surface area (Å²) in [6.45, 7) is 3.83. The number of hydrogen-bond donors (Lipinski definition) is 1. The molecule has 0 bridgehead atoms. The number of benzene rings is 2. The average molecular weight is 457 g/mol. The molecule has 0 aliphatic carbocycles. The third-order valence-corrected chi connectivity index (χ3v) is 5.76. The predicted molar refractivity (Wildman–Crippen MR) is 118 cm³/mol. The van der Waals surface area contributed by atoms with Gasteiger partial charge in [-0.25, -0.2) is 8.42 Å². The maximum absolute atomic E-state index is 12.9. The lowest BCUT2D eigenvalue weighted by Crippen LogP contribution is -2.45. The first kappa shape index (κ1) is 23.6. The summed E-state index contributed by atoms with van der Waals surface area (Å²) in [6.07, 6.45) is 1.04. The van der Waals surface area contributed by atoms with Crippen LogP contribution >= 0.6 is 11.6 Å². The number of nitrogens with one attached hydrogen (secondary N) is 1. The first-order valence-electron chi connectivity index (χ1n) is 9.07. The van der Waals surface area contributed by atoms with Gasteiger partial charge in [0.25, 0.3) is 0 Å². The van der Waals surface area contributed by atoms with E-state index in [0.717, 1.165) is 10.6 Å². The second kappa shape index (κ2) is 9.90. The van der Waals surface area contributed by atoms with Gasteiger partial charge in [-0.3, -0.25) is 9.10 Å². The Hall–Kier alpha value is -2.65. The number of methoxy groups -OCH3 is 2. The van der Waals surface area contributed by atoms with Crippen molar-refractivity contribution in [3.05, 3.63) is 41.4 Å². The second-order valence-electron chi connectivity index (χ2n) is 6.34. The van der Waals surface area contributed by atoms with E-state index in [1.807, 2.05) is 6.92 Å². The lowest BCUT2D eigenvalue weighted by Gasteiger charge is -2.28. The molecule has 30 heavy (non-hydrogen) atoms. The molecule has 0 aromatic heterocycles. The Morgan fingerprint density at radius 3 is 2.23 bits per heavy atom. The van der Waals surface area contributed by atoms with E-state index in [0.29, 0.717) is 40.3 Å². The molecule has 0 saturated carbocycles. The summed E-state index contributed by atoms with van der Waals surface area (Å²) in [5.74, 6) is 0.696. The Balaban J connectivity index is 2.35. The molecular formula is C20H25ClN2O6S. The van der Waals surface area contributed by atoms with Crippen molar-refractivity contribution < 1.29 is 27.4 Å². The molecule has 0 aliphatic heterocycles. The molecule has 1 atom stereocenters. The fourth-order valence-corrected chi connectivity index (χ4v) is 4.27. The largest absolute Gasteiger partial charge is 0.495 e. The minimum atomic E-state index is -3.76. The second-order valence-corrected chi connectivity index (χ2v) is 8.60. The summed E-state index contributed by atoms with van der Waals surface area (Å²) in [5, 5.41) is 3.00. The summed E-state index contributed by atoms with van der Waals surface area (Å²) < 4.78 is 41.8. The first-order chi connectivity index (χ1) is 14.1. The van der Waals surface area contributed by atoms with Crippen molar-refractivity contribution in [1.29, 1.82) is 0 Å². The lowest BCUT2D eigenvalue weighted by atomic mass is 10.2. The molecule has 0 fully saturated rings. The zero-order valence-electron chi connectivity index (χ0n) is 17.4. The Morgan fingerprint density at radius 2 is 1.73 bits per heavy atom. The number of sulfonamides is 1. The van der Waals surface area contributed by atoms with E-state index in [1.165, 1.54) is 33.3 Å². The normalized spacial score (nSPS) is 12.1. The van der Waals surface area contributed by atoms with Crippen molar-refractivity contribution >= 4 is 38.9 Å². The van der Waals surface area contributed by atoms with Crippen LogP contribution in [0.1, 0.15) is 13.8 Å². The van der Waals surface area contributed by atoms with E-state index in [9.17, 15) is 13.2 Å². The standard InChI is InChI=1S/C20H25ClN2O6S/c1-6-29-15-9-7-14(8-10-15)23(30(5,25)26)13(2)20(24)22-17-12-18(27-3)16(21)11-19(17)28-4/h7-13H,6H2,1-5H3,(H,22,24)/t13-/m1/s1. The van der Waals surface area contributed by atoms with Crippen molar-refractivity contribution in [3.63, 3.8) is 0 Å². The van der Waals surface area contributed by atoms with Gasteiger partial charge in [-0.05, 0) is 38.1 Å². The van der Waals surface area contributed by atoms with Gasteiger partial charge in [-0.15, -0.1) is 0 Å². The number of nitrogens with zero attached hydrogens (tertiary/aromatic N) is 1. The van der Waals surface area contributed by atoms with Crippen LogP contribution in [0, 0.1) is 0 Å². The topological polar surface area (TPSA) is 94.2 Å². The minimum absolute atomic E-state index is 0.302. The van der Waals surface area contributed by atoms with Gasteiger partial charge in [-0.1, -0.05) is 11.6 Å².